The van der Waals surface area contributed by atoms with Crippen LogP contribution in [0.4, 0.5) is 14.3 Å². The minimum absolute atomic E-state index is 0. The fourth-order valence-electron chi connectivity index (χ4n) is 4.87. The molecule has 3 heterocycles. The van der Waals surface area contributed by atoms with Crippen LogP contribution < -0.4 is 10.2 Å². The minimum atomic E-state index is -3.74. The summed E-state index contributed by atoms with van der Waals surface area (Å²) >= 11 is 1.49. The van der Waals surface area contributed by atoms with Crippen LogP contribution in [-0.4, -0.2) is 112 Å². The number of aromatic nitrogens is 1. The summed E-state index contributed by atoms with van der Waals surface area (Å²) in [4.78, 5) is 35.2. The number of amides is 2. The Morgan fingerprint density at radius 1 is 1.00 bits per heavy atom. The van der Waals surface area contributed by atoms with Crippen molar-refractivity contribution in [2.45, 2.75) is 11.8 Å². The van der Waals surface area contributed by atoms with Gasteiger partial charge in [-0.3, -0.25) is 9.69 Å². The van der Waals surface area contributed by atoms with Crippen LogP contribution in [0.1, 0.15) is 17.3 Å². The number of benzene rings is 2. The van der Waals surface area contributed by atoms with E-state index in [9.17, 15) is 22.4 Å². The maximum atomic E-state index is 13.5. The molecule has 2 amide bonds. The third-order valence-electron chi connectivity index (χ3n) is 7.21. The number of nitrogens with zero attached hydrogens (tertiary/aromatic N) is 5. The van der Waals surface area contributed by atoms with Gasteiger partial charge in [0.1, 0.15) is 5.82 Å². The van der Waals surface area contributed by atoms with Crippen molar-refractivity contribution in [3.8, 4) is 0 Å². The van der Waals surface area contributed by atoms with Crippen molar-refractivity contribution >= 4 is 61.1 Å². The topological polar surface area (TPSA) is 115 Å². The summed E-state index contributed by atoms with van der Waals surface area (Å²) in [6, 6.07) is 10.5. The van der Waals surface area contributed by atoms with Gasteiger partial charge in [0.15, 0.2) is 5.13 Å². The van der Waals surface area contributed by atoms with E-state index in [0.29, 0.717) is 18.7 Å². The number of hydrogen-bond donors (Lipinski definition) is 1. The maximum absolute atomic E-state index is 13.5. The summed E-state index contributed by atoms with van der Waals surface area (Å²) < 4.78 is 46.8. The Morgan fingerprint density at radius 3 is 2.36 bits per heavy atom. The van der Waals surface area contributed by atoms with Crippen LogP contribution in [0.5, 0.6) is 0 Å². The van der Waals surface area contributed by atoms with Gasteiger partial charge in [-0.2, -0.15) is 4.31 Å². The molecule has 5 rings (SSSR count). The fourth-order valence-corrected chi connectivity index (χ4v) is 7.33. The fraction of sp³-hybridized carbons (Fsp3) is 0.444. The highest BCUT2D eigenvalue weighted by Gasteiger charge is 2.30. The molecular formula is C27H34ClFN6O5S2. The van der Waals surface area contributed by atoms with Crippen molar-refractivity contribution in [2.75, 3.05) is 77.0 Å². The van der Waals surface area contributed by atoms with E-state index in [1.54, 1.807) is 13.0 Å². The molecule has 0 bridgehead atoms. The zero-order valence-electron chi connectivity index (χ0n) is 23.2. The van der Waals surface area contributed by atoms with Crippen LogP contribution in [-0.2, 0) is 14.8 Å². The standard InChI is InChI=1S/C27H33FN6O5S2.ClH/c1-2-39-27(36)33-15-17-34(18-16-33)41(37,38)22-6-3-20(4-7-22)25(35)29-9-10-31-11-13-32(14-12-31)26-30-23-8-5-21(28)19-24(23)40-26;/h3-8,19H,2,9-18H2,1H3,(H,29,35);1H. The van der Waals surface area contributed by atoms with Gasteiger partial charge in [0, 0.05) is 71.0 Å². The number of fused-ring (bicyclic) bond motifs is 1. The zero-order valence-corrected chi connectivity index (χ0v) is 25.6. The molecule has 0 atom stereocenters. The second-order valence-corrected chi connectivity index (χ2v) is 12.8. The van der Waals surface area contributed by atoms with Crippen molar-refractivity contribution in [1.29, 1.82) is 0 Å². The van der Waals surface area contributed by atoms with Crippen LogP contribution in [0.2, 0.25) is 0 Å². The molecule has 2 aliphatic heterocycles. The molecule has 2 aromatic carbocycles. The predicted molar refractivity (Wildman–Crippen MR) is 162 cm³/mol. The van der Waals surface area contributed by atoms with Crippen molar-refractivity contribution in [2.24, 2.45) is 0 Å². The summed E-state index contributed by atoms with van der Waals surface area (Å²) in [6.07, 6.45) is -0.439. The Balaban J connectivity index is 0.00000405. The van der Waals surface area contributed by atoms with Gasteiger partial charge >= 0.3 is 6.09 Å². The first-order chi connectivity index (χ1) is 19.7. The van der Waals surface area contributed by atoms with E-state index in [4.69, 9.17) is 4.74 Å². The SMILES string of the molecule is CCOC(=O)N1CCN(S(=O)(=O)c2ccc(C(=O)NCCN3CCN(c4nc5ccc(F)cc5s4)CC3)cc2)CC1.Cl. The maximum Gasteiger partial charge on any atom is 0.409 e. The average molecular weight is 641 g/mol. The van der Waals surface area contributed by atoms with Crippen LogP contribution in [0.3, 0.4) is 0 Å². The van der Waals surface area contributed by atoms with E-state index in [1.165, 1.54) is 56.9 Å². The van der Waals surface area contributed by atoms with Gasteiger partial charge < -0.3 is 19.9 Å². The predicted octanol–water partition coefficient (Wildman–Crippen LogP) is 2.87. The summed E-state index contributed by atoms with van der Waals surface area (Å²) in [5, 5.41) is 3.80. The Morgan fingerprint density at radius 2 is 1.69 bits per heavy atom. The van der Waals surface area contributed by atoms with Gasteiger partial charge in [-0.05, 0) is 49.4 Å². The molecule has 2 fully saturated rings. The number of carbonyl (C=O) groups excluding carboxylic acids is 2. The molecule has 1 aromatic heterocycles. The molecule has 42 heavy (non-hydrogen) atoms. The lowest BCUT2D eigenvalue weighted by molar-refractivity contribution is 0.0932. The number of hydrogen-bond acceptors (Lipinski definition) is 9. The van der Waals surface area contributed by atoms with Crippen molar-refractivity contribution < 1.29 is 27.1 Å². The monoisotopic (exact) mass is 640 g/mol. The smallest absolute Gasteiger partial charge is 0.409 e. The molecule has 2 saturated heterocycles. The number of anilines is 1. The molecule has 11 nitrogen and oxygen atoms in total. The highest BCUT2D eigenvalue weighted by atomic mass is 35.5. The summed E-state index contributed by atoms with van der Waals surface area (Å²) in [7, 11) is -3.74. The summed E-state index contributed by atoms with van der Waals surface area (Å²) in [5.74, 6) is -0.527. The first kappa shape index (κ1) is 31.9. The van der Waals surface area contributed by atoms with Crippen molar-refractivity contribution in [1.82, 2.24) is 24.4 Å². The second-order valence-electron chi connectivity index (χ2n) is 9.81. The Labute approximate surface area is 254 Å². The molecule has 2 aliphatic rings. The van der Waals surface area contributed by atoms with E-state index < -0.39 is 16.1 Å². The Bertz CT molecular complexity index is 1490. The molecule has 0 aliphatic carbocycles. The van der Waals surface area contributed by atoms with Gasteiger partial charge in [-0.15, -0.1) is 12.4 Å². The quantitative estimate of drug-likeness (QED) is 0.400. The first-order valence-corrected chi connectivity index (χ1v) is 15.8. The van der Waals surface area contributed by atoms with Crippen LogP contribution in [0, 0.1) is 5.82 Å². The third-order valence-corrected chi connectivity index (χ3v) is 10.2. The van der Waals surface area contributed by atoms with E-state index >= 15 is 0 Å². The molecular weight excluding hydrogens is 607 g/mol. The molecule has 0 unspecified atom stereocenters. The minimum Gasteiger partial charge on any atom is -0.450 e. The number of rotatable bonds is 8. The van der Waals surface area contributed by atoms with Crippen molar-refractivity contribution in [3.63, 3.8) is 0 Å². The van der Waals surface area contributed by atoms with Crippen LogP contribution >= 0.6 is 23.7 Å². The Hall–Kier alpha value is -3.04. The number of sulfonamides is 1. The zero-order chi connectivity index (χ0) is 29.0. The molecule has 3 aromatic rings. The third kappa shape index (κ3) is 7.29. The van der Waals surface area contributed by atoms with Gasteiger partial charge in [0.05, 0.1) is 21.7 Å². The molecule has 0 spiro atoms. The number of nitrogens with one attached hydrogen (secondary N) is 1. The molecule has 0 saturated carbocycles. The number of ether oxygens (including phenoxy) is 1. The summed E-state index contributed by atoms with van der Waals surface area (Å²) in [6.45, 7) is 7.26. The van der Waals surface area contributed by atoms with Crippen LogP contribution in [0.15, 0.2) is 47.4 Å². The van der Waals surface area contributed by atoms with Crippen molar-refractivity contribution in [3.05, 3.63) is 53.8 Å². The number of piperazine rings is 2. The van der Waals surface area contributed by atoms with Gasteiger partial charge in [0.2, 0.25) is 10.0 Å². The highest BCUT2D eigenvalue weighted by Crippen LogP contribution is 2.29. The lowest BCUT2D eigenvalue weighted by atomic mass is 10.2. The van der Waals surface area contributed by atoms with Gasteiger partial charge in [-0.1, -0.05) is 11.3 Å². The van der Waals surface area contributed by atoms with Gasteiger partial charge in [-0.25, -0.2) is 22.6 Å². The number of halogens is 2. The number of carbonyl (C=O) groups is 2. The van der Waals surface area contributed by atoms with E-state index in [2.05, 4.69) is 20.1 Å². The molecule has 228 valence electrons. The largest absolute Gasteiger partial charge is 0.450 e. The average Bonchev–Trinajstić information content (AvgIpc) is 3.41. The first-order valence-electron chi connectivity index (χ1n) is 13.6. The van der Waals surface area contributed by atoms with Crippen LogP contribution in [0.25, 0.3) is 10.2 Å². The molecule has 1 N–H and O–H groups in total. The lowest BCUT2D eigenvalue weighted by Gasteiger charge is -2.34. The second kappa shape index (κ2) is 14.0. The van der Waals surface area contributed by atoms with E-state index in [-0.39, 0.29) is 61.8 Å². The highest BCUT2D eigenvalue weighted by molar-refractivity contribution is 7.89. The Kier molecular flexibility index (Phi) is 10.6. The van der Waals surface area contributed by atoms with Gasteiger partial charge in [0.25, 0.3) is 5.91 Å². The lowest BCUT2D eigenvalue weighted by Crippen LogP contribution is -2.50. The molecule has 15 heteroatoms. The van der Waals surface area contributed by atoms with E-state index in [1.807, 2.05) is 0 Å². The normalized spacial score (nSPS) is 16.7. The molecule has 0 radical (unpaired) electrons. The number of thiazole rings is 1. The summed E-state index contributed by atoms with van der Waals surface area (Å²) in [5.41, 5.74) is 1.18. The van der Waals surface area contributed by atoms with E-state index in [0.717, 1.165) is 41.5 Å².